The highest BCUT2D eigenvalue weighted by atomic mass is 19.2. The van der Waals surface area contributed by atoms with Gasteiger partial charge >= 0.3 is 0 Å². The van der Waals surface area contributed by atoms with Crippen molar-refractivity contribution in [2.24, 2.45) is 0 Å². The molecular weight excluding hydrogens is 348 g/mol. The molecule has 27 heavy (non-hydrogen) atoms. The molecule has 1 aliphatic rings. The van der Waals surface area contributed by atoms with Crippen molar-refractivity contribution in [3.63, 3.8) is 0 Å². The molecule has 0 amide bonds. The summed E-state index contributed by atoms with van der Waals surface area (Å²) in [5.41, 5.74) is 2.23. The molecule has 3 heterocycles. The van der Waals surface area contributed by atoms with Crippen LogP contribution in [0.15, 0.2) is 36.8 Å². The molecule has 0 N–H and O–H groups in total. The van der Waals surface area contributed by atoms with Gasteiger partial charge in [0, 0.05) is 29.9 Å². The Kier molecular flexibility index (Phi) is 3.81. The molecule has 1 fully saturated rings. The number of halogens is 2. The summed E-state index contributed by atoms with van der Waals surface area (Å²) in [6, 6.07) is 4.56. The summed E-state index contributed by atoms with van der Waals surface area (Å²) in [4.78, 5) is 17.6. The van der Waals surface area contributed by atoms with E-state index in [-0.39, 0.29) is 5.52 Å². The summed E-state index contributed by atoms with van der Waals surface area (Å²) in [6.07, 6.45) is 9.38. The van der Waals surface area contributed by atoms with Crippen molar-refractivity contribution in [1.82, 2.24) is 24.5 Å². The van der Waals surface area contributed by atoms with Gasteiger partial charge in [-0.05, 0) is 36.6 Å². The number of hydrogen-bond acceptors (Lipinski definition) is 4. The summed E-state index contributed by atoms with van der Waals surface area (Å²) in [5.74, 6) is -0.456. The zero-order valence-electron chi connectivity index (χ0n) is 14.6. The average Bonchev–Trinajstić information content (AvgIpc) is 3.33. The Morgan fingerprint density at radius 2 is 1.78 bits per heavy atom. The lowest BCUT2D eigenvalue weighted by Crippen LogP contribution is -2.09. The molecule has 0 spiro atoms. The molecule has 0 atom stereocenters. The number of aromatic nitrogens is 5. The highest BCUT2D eigenvalue weighted by molar-refractivity contribution is 5.82. The van der Waals surface area contributed by atoms with Gasteiger partial charge in [0.2, 0.25) is 0 Å². The summed E-state index contributed by atoms with van der Waals surface area (Å²) in [7, 11) is 0. The van der Waals surface area contributed by atoms with Crippen LogP contribution in [0.1, 0.15) is 43.0 Å². The zero-order valence-corrected chi connectivity index (χ0v) is 14.6. The van der Waals surface area contributed by atoms with Crippen LogP contribution < -0.4 is 0 Å². The van der Waals surface area contributed by atoms with Crippen molar-refractivity contribution in [3.8, 4) is 0 Å². The predicted molar refractivity (Wildman–Crippen MR) is 97.3 cm³/mol. The Labute approximate surface area is 154 Å². The van der Waals surface area contributed by atoms with Crippen LogP contribution in [0.3, 0.4) is 0 Å². The number of benzene rings is 1. The zero-order chi connectivity index (χ0) is 18.4. The standard InChI is InChI=1S/C20H17F2N5/c21-15-6-5-14-13(7-8-23-17(14)16(15)22)11-27-19(12-3-1-2-4-12)26-18-20(27)25-10-9-24-18/h5-10,12H,1-4,11H2. The second-order valence-corrected chi connectivity index (χ2v) is 6.97. The monoisotopic (exact) mass is 365 g/mol. The van der Waals surface area contributed by atoms with E-state index in [1.807, 2.05) is 6.07 Å². The Bertz CT molecular complexity index is 1150. The van der Waals surface area contributed by atoms with Crippen molar-refractivity contribution in [2.75, 3.05) is 0 Å². The van der Waals surface area contributed by atoms with E-state index in [4.69, 9.17) is 4.98 Å². The first-order valence-electron chi connectivity index (χ1n) is 9.11. The predicted octanol–water partition coefficient (Wildman–Crippen LogP) is 4.36. The van der Waals surface area contributed by atoms with Crippen LogP contribution in [0.5, 0.6) is 0 Å². The van der Waals surface area contributed by atoms with Gasteiger partial charge in [-0.1, -0.05) is 12.8 Å². The molecule has 0 unspecified atom stereocenters. The van der Waals surface area contributed by atoms with Gasteiger partial charge in [-0.2, -0.15) is 0 Å². The van der Waals surface area contributed by atoms with Crippen molar-refractivity contribution in [2.45, 2.75) is 38.1 Å². The Balaban J connectivity index is 1.68. The second kappa shape index (κ2) is 6.33. The minimum absolute atomic E-state index is 0.0467. The molecule has 1 aliphatic carbocycles. The summed E-state index contributed by atoms with van der Waals surface area (Å²) < 4.78 is 29.8. The van der Waals surface area contributed by atoms with Crippen LogP contribution in [-0.4, -0.2) is 24.5 Å². The third-order valence-electron chi connectivity index (χ3n) is 5.36. The molecule has 1 saturated carbocycles. The van der Waals surface area contributed by atoms with Crippen LogP contribution in [0.25, 0.3) is 22.2 Å². The van der Waals surface area contributed by atoms with Crippen LogP contribution in [0.2, 0.25) is 0 Å². The number of nitrogens with zero attached hydrogens (tertiary/aromatic N) is 5. The molecule has 0 bridgehead atoms. The van der Waals surface area contributed by atoms with Crippen molar-refractivity contribution in [3.05, 3.63) is 59.8 Å². The Morgan fingerprint density at radius 3 is 2.63 bits per heavy atom. The maximum atomic E-state index is 14.2. The number of rotatable bonds is 3. The first kappa shape index (κ1) is 16.2. The first-order chi connectivity index (χ1) is 13.2. The van der Waals surface area contributed by atoms with Crippen LogP contribution in [-0.2, 0) is 6.54 Å². The first-order valence-corrected chi connectivity index (χ1v) is 9.11. The quantitative estimate of drug-likeness (QED) is 0.541. The van der Waals surface area contributed by atoms with E-state index in [1.54, 1.807) is 18.5 Å². The fourth-order valence-corrected chi connectivity index (χ4v) is 4.05. The van der Waals surface area contributed by atoms with Gasteiger partial charge in [0.1, 0.15) is 11.3 Å². The molecule has 0 aliphatic heterocycles. The lowest BCUT2D eigenvalue weighted by atomic mass is 10.1. The topological polar surface area (TPSA) is 56.5 Å². The van der Waals surface area contributed by atoms with Crippen LogP contribution >= 0.6 is 0 Å². The van der Waals surface area contributed by atoms with Gasteiger partial charge in [-0.3, -0.25) is 4.98 Å². The summed E-state index contributed by atoms with van der Waals surface area (Å²) in [5, 5.41) is 0.597. The number of pyridine rings is 1. The third-order valence-corrected chi connectivity index (χ3v) is 5.36. The van der Waals surface area contributed by atoms with Gasteiger partial charge in [-0.15, -0.1) is 0 Å². The summed E-state index contributed by atoms with van der Waals surface area (Å²) >= 11 is 0. The fraction of sp³-hybridized carbons (Fsp3) is 0.300. The lowest BCUT2D eigenvalue weighted by molar-refractivity contribution is 0.515. The van der Waals surface area contributed by atoms with Gasteiger partial charge < -0.3 is 4.57 Å². The van der Waals surface area contributed by atoms with Gasteiger partial charge in [0.05, 0.1) is 6.54 Å². The number of imidazole rings is 1. The SMILES string of the molecule is Fc1ccc2c(Cn3c(C4CCCC4)nc4nccnc43)ccnc2c1F. The van der Waals surface area contributed by atoms with E-state index >= 15 is 0 Å². The average molecular weight is 365 g/mol. The summed E-state index contributed by atoms with van der Waals surface area (Å²) in [6.45, 7) is 0.463. The Morgan fingerprint density at radius 1 is 0.963 bits per heavy atom. The van der Waals surface area contributed by atoms with Crippen LogP contribution in [0.4, 0.5) is 8.78 Å². The molecular formula is C20H17F2N5. The lowest BCUT2D eigenvalue weighted by Gasteiger charge is -2.14. The van der Waals surface area contributed by atoms with Crippen molar-refractivity contribution >= 4 is 22.2 Å². The highest BCUT2D eigenvalue weighted by Crippen LogP contribution is 2.35. The van der Waals surface area contributed by atoms with E-state index < -0.39 is 11.6 Å². The highest BCUT2D eigenvalue weighted by Gasteiger charge is 2.25. The minimum Gasteiger partial charge on any atom is -0.307 e. The van der Waals surface area contributed by atoms with Gasteiger partial charge in [-0.25, -0.2) is 23.7 Å². The molecule has 5 rings (SSSR count). The van der Waals surface area contributed by atoms with E-state index in [0.717, 1.165) is 30.3 Å². The molecule has 3 aromatic heterocycles. The smallest absolute Gasteiger partial charge is 0.197 e. The fourth-order valence-electron chi connectivity index (χ4n) is 4.05. The maximum absolute atomic E-state index is 14.2. The minimum atomic E-state index is -0.916. The van der Waals surface area contributed by atoms with Gasteiger partial charge in [0.15, 0.2) is 22.9 Å². The van der Waals surface area contributed by atoms with E-state index in [1.165, 1.54) is 19.0 Å². The van der Waals surface area contributed by atoms with Gasteiger partial charge in [0.25, 0.3) is 0 Å². The third kappa shape index (κ3) is 2.65. The molecule has 0 saturated heterocycles. The normalized spacial score (nSPS) is 15.2. The Hall–Kier alpha value is -2.96. The van der Waals surface area contributed by atoms with Crippen LogP contribution in [0, 0.1) is 11.6 Å². The molecule has 0 radical (unpaired) electrons. The molecule has 136 valence electrons. The number of fused-ring (bicyclic) bond motifs is 2. The largest absolute Gasteiger partial charge is 0.307 e. The van der Waals surface area contributed by atoms with Crippen molar-refractivity contribution < 1.29 is 8.78 Å². The maximum Gasteiger partial charge on any atom is 0.197 e. The second-order valence-electron chi connectivity index (χ2n) is 6.97. The molecule has 1 aromatic carbocycles. The van der Waals surface area contributed by atoms with E-state index in [9.17, 15) is 8.78 Å². The van der Waals surface area contributed by atoms with E-state index in [0.29, 0.717) is 29.1 Å². The van der Waals surface area contributed by atoms with Crippen molar-refractivity contribution in [1.29, 1.82) is 0 Å². The molecule has 7 heteroatoms. The number of hydrogen-bond donors (Lipinski definition) is 0. The molecule has 5 nitrogen and oxygen atoms in total. The van der Waals surface area contributed by atoms with E-state index in [2.05, 4.69) is 19.5 Å². The molecule has 4 aromatic rings.